The molecule has 0 aliphatic carbocycles. The highest BCUT2D eigenvalue weighted by Gasteiger charge is 2.59. The molecule has 0 radical (unpaired) electrons. The van der Waals surface area contributed by atoms with E-state index in [-0.39, 0.29) is 16.7 Å². The van der Waals surface area contributed by atoms with Crippen molar-refractivity contribution in [2.45, 2.75) is 69.7 Å². The molecule has 2 rings (SSSR count). The minimum Gasteiger partial charge on any atom is -0.381 e. The zero-order valence-electron chi connectivity index (χ0n) is 13.2. The highest BCUT2D eigenvalue weighted by atomic mass is 16.5. The molecule has 19 heavy (non-hydrogen) atoms. The number of ether oxygens (including phenoxy) is 2. The number of nitrogens with zero attached hydrogens (tertiary/aromatic N) is 1. The van der Waals surface area contributed by atoms with Gasteiger partial charge in [0.2, 0.25) is 0 Å². The van der Waals surface area contributed by atoms with E-state index in [2.05, 4.69) is 39.6 Å². The fourth-order valence-corrected chi connectivity index (χ4v) is 4.17. The molecular formula is C15H30N2O2. The van der Waals surface area contributed by atoms with E-state index in [4.69, 9.17) is 15.2 Å². The molecule has 0 amide bonds. The lowest BCUT2D eigenvalue weighted by Crippen LogP contribution is -2.65. The zero-order valence-corrected chi connectivity index (χ0v) is 13.2. The molecule has 2 fully saturated rings. The summed E-state index contributed by atoms with van der Waals surface area (Å²) in [6, 6.07) is 0.550. The van der Waals surface area contributed by atoms with Gasteiger partial charge in [-0.3, -0.25) is 4.90 Å². The molecular weight excluding hydrogens is 240 g/mol. The standard InChI is InChI=1S/C15H30N2O2/c1-13(2)10-15(11-16,14(3,4)19-13)17(5)12-6-8-18-9-7-12/h12H,6-11,16H2,1-5H3. The third-order valence-corrected chi connectivity index (χ3v) is 5.12. The van der Waals surface area contributed by atoms with Gasteiger partial charge in [-0.25, -0.2) is 0 Å². The molecule has 0 aromatic rings. The number of rotatable bonds is 3. The van der Waals surface area contributed by atoms with E-state index in [1.807, 2.05) is 0 Å². The third kappa shape index (κ3) is 2.56. The Bertz CT molecular complexity index is 324. The monoisotopic (exact) mass is 270 g/mol. The first-order valence-electron chi connectivity index (χ1n) is 7.45. The molecule has 1 atom stereocenters. The van der Waals surface area contributed by atoms with Crippen molar-refractivity contribution in [2.75, 3.05) is 26.8 Å². The summed E-state index contributed by atoms with van der Waals surface area (Å²) in [6.07, 6.45) is 3.17. The summed E-state index contributed by atoms with van der Waals surface area (Å²) < 4.78 is 11.8. The van der Waals surface area contributed by atoms with E-state index >= 15 is 0 Å². The van der Waals surface area contributed by atoms with Crippen molar-refractivity contribution in [3.63, 3.8) is 0 Å². The molecule has 0 spiro atoms. The Morgan fingerprint density at radius 2 is 1.74 bits per heavy atom. The molecule has 2 heterocycles. The third-order valence-electron chi connectivity index (χ3n) is 5.12. The molecule has 2 aliphatic heterocycles. The van der Waals surface area contributed by atoms with Crippen LogP contribution < -0.4 is 5.73 Å². The smallest absolute Gasteiger partial charge is 0.0830 e. The second-order valence-electron chi connectivity index (χ2n) is 7.24. The van der Waals surface area contributed by atoms with Crippen molar-refractivity contribution < 1.29 is 9.47 Å². The van der Waals surface area contributed by atoms with Crippen LogP contribution in [0.3, 0.4) is 0 Å². The molecule has 0 aromatic carbocycles. The Morgan fingerprint density at radius 1 is 1.16 bits per heavy atom. The summed E-state index contributed by atoms with van der Waals surface area (Å²) >= 11 is 0. The van der Waals surface area contributed by atoms with E-state index in [9.17, 15) is 0 Å². The molecule has 2 saturated heterocycles. The molecule has 112 valence electrons. The van der Waals surface area contributed by atoms with Crippen LogP contribution in [0.2, 0.25) is 0 Å². The molecule has 4 heteroatoms. The summed E-state index contributed by atoms with van der Waals surface area (Å²) in [6.45, 7) is 11.1. The van der Waals surface area contributed by atoms with Crippen LogP contribution >= 0.6 is 0 Å². The van der Waals surface area contributed by atoms with E-state index < -0.39 is 0 Å². The Morgan fingerprint density at radius 3 is 2.16 bits per heavy atom. The fraction of sp³-hybridized carbons (Fsp3) is 1.00. The largest absolute Gasteiger partial charge is 0.381 e. The van der Waals surface area contributed by atoms with E-state index in [0.717, 1.165) is 32.5 Å². The first kappa shape index (κ1) is 15.2. The summed E-state index contributed by atoms with van der Waals surface area (Å²) in [5.41, 5.74) is 5.80. The maximum atomic E-state index is 6.30. The topological polar surface area (TPSA) is 47.7 Å². The summed E-state index contributed by atoms with van der Waals surface area (Å²) in [5, 5.41) is 0. The summed E-state index contributed by atoms with van der Waals surface area (Å²) in [4.78, 5) is 2.49. The number of hydrogen-bond donors (Lipinski definition) is 1. The van der Waals surface area contributed by atoms with Gasteiger partial charge in [-0.1, -0.05) is 0 Å². The molecule has 4 nitrogen and oxygen atoms in total. The van der Waals surface area contributed by atoms with Gasteiger partial charge in [0.15, 0.2) is 0 Å². The van der Waals surface area contributed by atoms with E-state index in [1.54, 1.807) is 0 Å². The summed E-state index contributed by atoms with van der Waals surface area (Å²) in [5.74, 6) is 0. The van der Waals surface area contributed by atoms with Crippen molar-refractivity contribution >= 4 is 0 Å². The van der Waals surface area contributed by atoms with E-state index in [0.29, 0.717) is 12.6 Å². The van der Waals surface area contributed by atoms with Gasteiger partial charge in [-0.2, -0.15) is 0 Å². The van der Waals surface area contributed by atoms with Crippen molar-refractivity contribution in [3.05, 3.63) is 0 Å². The fourth-order valence-electron chi connectivity index (χ4n) is 4.17. The first-order chi connectivity index (χ1) is 8.74. The van der Waals surface area contributed by atoms with Gasteiger partial charge in [-0.15, -0.1) is 0 Å². The van der Waals surface area contributed by atoms with Crippen LogP contribution in [0.25, 0.3) is 0 Å². The van der Waals surface area contributed by atoms with Crippen LogP contribution in [0, 0.1) is 0 Å². The van der Waals surface area contributed by atoms with Crippen molar-refractivity contribution in [1.82, 2.24) is 4.90 Å². The van der Waals surface area contributed by atoms with Gasteiger partial charge < -0.3 is 15.2 Å². The van der Waals surface area contributed by atoms with Crippen LogP contribution in [0.15, 0.2) is 0 Å². The lowest BCUT2D eigenvalue weighted by molar-refractivity contribution is -0.112. The van der Waals surface area contributed by atoms with Gasteiger partial charge in [0.25, 0.3) is 0 Å². The Hall–Kier alpha value is -0.160. The van der Waals surface area contributed by atoms with Crippen molar-refractivity contribution in [1.29, 1.82) is 0 Å². The van der Waals surface area contributed by atoms with Crippen LogP contribution in [0.5, 0.6) is 0 Å². The normalized spacial score (nSPS) is 34.9. The predicted molar refractivity (Wildman–Crippen MR) is 77.2 cm³/mol. The highest BCUT2D eigenvalue weighted by Crippen LogP contribution is 2.48. The quantitative estimate of drug-likeness (QED) is 0.849. The Labute approximate surface area is 117 Å². The summed E-state index contributed by atoms with van der Waals surface area (Å²) in [7, 11) is 2.22. The zero-order chi connectivity index (χ0) is 14.3. The molecule has 0 bridgehead atoms. The van der Waals surface area contributed by atoms with Crippen LogP contribution in [0.1, 0.15) is 47.0 Å². The minimum absolute atomic E-state index is 0.0848. The van der Waals surface area contributed by atoms with Gasteiger partial charge in [-0.05, 0) is 54.0 Å². The van der Waals surface area contributed by atoms with E-state index in [1.165, 1.54) is 0 Å². The first-order valence-corrected chi connectivity index (χ1v) is 7.45. The minimum atomic E-state index is -0.224. The number of hydrogen-bond acceptors (Lipinski definition) is 4. The molecule has 2 N–H and O–H groups in total. The predicted octanol–water partition coefficient (Wildman–Crippen LogP) is 1.77. The highest BCUT2D eigenvalue weighted by molar-refractivity contribution is 5.13. The average molecular weight is 270 g/mol. The van der Waals surface area contributed by atoms with Gasteiger partial charge in [0.1, 0.15) is 0 Å². The molecule has 2 aliphatic rings. The van der Waals surface area contributed by atoms with Crippen molar-refractivity contribution in [3.8, 4) is 0 Å². The second-order valence-corrected chi connectivity index (χ2v) is 7.24. The number of likely N-dealkylation sites (N-methyl/N-ethyl adjacent to an activating group) is 1. The maximum absolute atomic E-state index is 6.30. The SMILES string of the molecule is CN(C1CCOCC1)C1(CN)CC(C)(C)OC1(C)C. The van der Waals surface area contributed by atoms with Crippen LogP contribution in [0.4, 0.5) is 0 Å². The maximum Gasteiger partial charge on any atom is 0.0830 e. The Balaban J connectivity index is 2.26. The Kier molecular flexibility index (Phi) is 4.00. The van der Waals surface area contributed by atoms with Crippen LogP contribution in [-0.2, 0) is 9.47 Å². The second kappa shape index (κ2) is 4.99. The average Bonchev–Trinajstić information content (AvgIpc) is 2.54. The molecule has 0 aromatic heterocycles. The van der Waals surface area contributed by atoms with Gasteiger partial charge in [0, 0.05) is 25.8 Å². The molecule has 1 unspecified atom stereocenters. The lowest BCUT2D eigenvalue weighted by atomic mass is 9.76. The number of nitrogens with two attached hydrogens (primary N) is 1. The molecule has 0 saturated carbocycles. The van der Waals surface area contributed by atoms with Crippen molar-refractivity contribution in [2.24, 2.45) is 5.73 Å². The van der Waals surface area contributed by atoms with Gasteiger partial charge in [0.05, 0.1) is 16.7 Å². The van der Waals surface area contributed by atoms with Gasteiger partial charge >= 0.3 is 0 Å². The lowest BCUT2D eigenvalue weighted by Gasteiger charge is -2.50. The van der Waals surface area contributed by atoms with Crippen LogP contribution in [-0.4, -0.2) is 54.5 Å².